The van der Waals surface area contributed by atoms with Crippen molar-refractivity contribution in [1.82, 2.24) is 15.6 Å². The second-order valence-electron chi connectivity index (χ2n) is 5.33. The molecular formula is C18H17N5O2S2. The Morgan fingerprint density at radius 1 is 1.22 bits per heavy atom. The molecule has 1 amide bonds. The molecule has 0 bridgehead atoms. The molecule has 3 rings (SSSR count). The van der Waals surface area contributed by atoms with Crippen molar-refractivity contribution in [3.63, 3.8) is 0 Å². The summed E-state index contributed by atoms with van der Waals surface area (Å²) in [4.78, 5) is 11.8. The van der Waals surface area contributed by atoms with Gasteiger partial charge in [-0.05, 0) is 23.3 Å². The molecule has 0 unspecified atom stereocenters. The standard InChI is InChI=1S/C18H17N5O2S2/c19-17-22-23-18(27-17)26-12-16(24)21-20-10-14-7-4-8-15(9-14)25-11-13-5-2-1-3-6-13/h1-10H,11-12H2,(H2,19,22)(H,21,24). The minimum absolute atomic E-state index is 0.187. The van der Waals surface area contributed by atoms with E-state index in [1.807, 2.05) is 54.6 Å². The van der Waals surface area contributed by atoms with Gasteiger partial charge < -0.3 is 10.5 Å². The zero-order valence-electron chi connectivity index (χ0n) is 14.2. The smallest absolute Gasteiger partial charge is 0.250 e. The number of ether oxygens (including phenoxy) is 1. The van der Waals surface area contributed by atoms with Gasteiger partial charge in [0.25, 0.3) is 5.91 Å². The Labute approximate surface area is 164 Å². The van der Waals surface area contributed by atoms with Gasteiger partial charge in [-0.3, -0.25) is 4.79 Å². The third-order valence-electron chi connectivity index (χ3n) is 3.26. The number of benzene rings is 2. The highest BCUT2D eigenvalue weighted by atomic mass is 32.2. The number of hydrogen-bond acceptors (Lipinski definition) is 8. The molecule has 0 saturated heterocycles. The average Bonchev–Trinajstić information content (AvgIpc) is 3.11. The summed E-state index contributed by atoms with van der Waals surface area (Å²) in [5.41, 5.74) is 9.89. The van der Waals surface area contributed by atoms with Crippen LogP contribution in [0.2, 0.25) is 0 Å². The summed E-state index contributed by atoms with van der Waals surface area (Å²) in [6.45, 7) is 0.492. The van der Waals surface area contributed by atoms with E-state index in [9.17, 15) is 4.79 Å². The number of carbonyl (C=O) groups excluding carboxylic acids is 1. The quantitative estimate of drug-likeness (QED) is 0.343. The predicted octanol–water partition coefficient (Wildman–Crippen LogP) is 2.94. The van der Waals surface area contributed by atoms with Crippen LogP contribution in [0.1, 0.15) is 11.1 Å². The van der Waals surface area contributed by atoms with Gasteiger partial charge in [0.05, 0.1) is 12.0 Å². The van der Waals surface area contributed by atoms with Crippen molar-refractivity contribution >= 4 is 40.4 Å². The number of nitrogens with two attached hydrogens (primary N) is 1. The monoisotopic (exact) mass is 399 g/mol. The molecule has 9 heteroatoms. The highest BCUT2D eigenvalue weighted by molar-refractivity contribution is 8.01. The molecule has 0 saturated carbocycles. The van der Waals surface area contributed by atoms with E-state index in [1.54, 1.807) is 6.21 Å². The zero-order valence-corrected chi connectivity index (χ0v) is 15.9. The van der Waals surface area contributed by atoms with Gasteiger partial charge in [0.2, 0.25) is 5.13 Å². The Balaban J connectivity index is 1.46. The van der Waals surface area contributed by atoms with Crippen LogP contribution in [0.4, 0.5) is 5.13 Å². The fourth-order valence-corrected chi connectivity index (χ4v) is 3.47. The number of nitrogen functional groups attached to an aromatic ring is 1. The molecule has 1 heterocycles. The number of hydrazone groups is 1. The number of nitrogens with one attached hydrogen (secondary N) is 1. The van der Waals surface area contributed by atoms with Gasteiger partial charge in [-0.25, -0.2) is 5.43 Å². The van der Waals surface area contributed by atoms with Gasteiger partial charge in [-0.15, -0.1) is 10.2 Å². The predicted molar refractivity (Wildman–Crippen MR) is 108 cm³/mol. The number of anilines is 1. The number of aromatic nitrogens is 2. The molecule has 7 nitrogen and oxygen atoms in total. The van der Waals surface area contributed by atoms with Gasteiger partial charge in [0.15, 0.2) is 4.34 Å². The summed E-state index contributed by atoms with van der Waals surface area (Å²) in [6, 6.07) is 17.4. The van der Waals surface area contributed by atoms with Crippen LogP contribution in [0, 0.1) is 0 Å². The van der Waals surface area contributed by atoms with Gasteiger partial charge in [-0.2, -0.15) is 5.10 Å². The molecule has 138 valence electrons. The van der Waals surface area contributed by atoms with Crippen LogP contribution in [-0.4, -0.2) is 28.1 Å². The van der Waals surface area contributed by atoms with Gasteiger partial charge >= 0.3 is 0 Å². The van der Waals surface area contributed by atoms with Crippen LogP contribution in [0.5, 0.6) is 5.75 Å². The summed E-state index contributed by atoms with van der Waals surface area (Å²) in [5, 5.41) is 11.9. The highest BCUT2D eigenvalue weighted by Crippen LogP contribution is 2.22. The average molecular weight is 400 g/mol. The van der Waals surface area contributed by atoms with E-state index in [0.29, 0.717) is 16.1 Å². The third kappa shape index (κ3) is 6.39. The van der Waals surface area contributed by atoms with Crippen molar-refractivity contribution < 1.29 is 9.53 Å². The maximum Gasteiger partial charge on any atom is 0.250 e. The molecule has 0 fully saturated rings. The second-order valence-corrected chi connectivity index (χ2v) is 7.57. The molecule has 27 heavy (non-hydrogen) atoms. The van der Waals surface area contributed by atoms with Gasteiger partial charge in [-0.1, -0.05) is 65.6 Å². The molecule has 2 aromatic carbocycles. The summed E-state index contributed by atoms with van der Waals surface area (Å²) in [7, 11) is 0. The minimum Gasteiger partial charge on any atom is -0.489 e. The molecular weight excluding hydrogens is 382 g/mol. The number of thioether (sulfide) groups is 1. The molecule has 0 spiro atoms. The van der Waals surface area contributed by atoms with Crippen LogP contribution >= 0.6 is 23.1 Å². The van der Waals surface area contributed by atoms with Crippen LogP contribution in [-0.2, 0) is 11.4 Å². The van der Waals surface area contributed by atoms with Crippen LogP contribution < -0.4 is 15.9 Å². The van der Waals surface area contributed by atoms with Crippen molar-refractivity contribution in [3.05, 3.63) is 65.7 Å². The van der Waals surface area contributed by atoms with Crippen molar-refractivity contribution in [3.8, 4) is 5.75 Å². The number of nitrogens with zero attached hydrogens (tertiary/aromatic N) is 3. The second kappa shape index (κ2) is 9.70. The highest BCUT2D eigenvalue weighted by Gasteiger charge is 2.05. The van der Waals surface area contributed by atoms with E-state index >= 15 is 0 Å². The Morgan fingerprint density at radius 2 is 2.07 bits per heavy atom. The first-order chi connectivity index (χ1) is 13.2. The van der Waals surface area contributed by atoms with Crippen molar-refractivity contribution in [2.75, 3.05) is 11.5 Å². The fraction of sp³-hybridized carbons (Fsp3) is 0.111. The number of amides is 1. The van der Waals surface area contributed by atoms with Crippen LogP contribution in [0.25, 0.3) is 0 Å². The van der Waals surface area contributed by atoms with E-state index in [4.69, 9.17) is 10.5 Å². The van der Waals surface area contributed by atoms with E-state index in [-0.39, 0.29) is 11.7 Å². The van der Waals surface area contributed by atoms with Crippen LogP contribution in [0.3, 0.4) is 0 Å². The summed E-state index contributed by atoms with van der Waals surface area (Å²) >= 11 is 2.50. The Kier molecular flexibility index (Phi) is 6.78. The molecule has 0 aliphatic carbocycles. The lowest BCUT2D eigenvalue weighted by Crippen LogP contribution is -2.19. The van der Waals surface area contributed by atoms with E-state index in [0.717, 1.165) is 16.9 Å². The molecule has 1 aromatic heterocycles. The van der Waals surface area contributed by atoms with Gasteiger partial charge in [0, 0.05) is 0 Å². The maximum absolute atomic E-state index is 11.8. The Bertz CT molecular complexity index is 915. The lowest BCUT2D eigenvalue weighted by atomic mass is 10.2. The fourth-order valence-electron chi connectivity index (χ4n) is 2.04. The lowest BCUT2D eigenvalue weighted by molar-refractivity contribution is -0.118. The molecule has 0 radical (unpaired) electrons. The number of hydrogen-bond donors (Lipinski definition) is 2. The van der Waals surface area contributed by atoms with Gasteiger partial charge in [0.1, 0.15) is 12.4 Å². The van der Waals surface area contributed by atoms with Crippen molar-refractivity contribution in [2.45, 2.75) is 10.9 Å². The molecule has 0 aliphatic heterocycles. The minimum atomic E-state index is -0.235. The molecule has 0 atom stereocenters. The SMILES string of the molecule is Nc1nnc(SCC(=O)NN=Cc2cccc(OCc3ccccc3)c2)s1. The third-order valence-corrected chi connectivity index (χ3v) is 5.14. The first-order valence-electron chi connectivity index (χ1n) is 7.99. The zero-order chi connectivity index (χ0) is 18.9. The first-order valence-corrected chi connectivity index (χ1v) is 9.80. The lowest BCUT2D eigenvalue weighted by Gasteiger charge is -2.06. The largest absolute Gasteiger partial charge is 0.489 e. The summed E-state index contributed by atoms with van der Waals surface area (Å²) in [6.07, 6.45) is 1.57. The summed E-state index contributed by atoms with van der Waals surface area (Å²) in [5.74, 6) is 0.687. The summed E-state index contributed by atoms with van der Waals surface area (Å²) < 4.78 is 6.42. The normalized spacial score (nSPS) is 10.8. The number of carbonyl (C=O) groups is 1. The molecule has 3 aromatic rings. The van der Waals surface area contributed by atoms with E-state index in [2.05, 4.69) is 20.7 Å². The maximum atomic E-state index is 11.8. The van der Waals surface area contributed by atoms with Crippen molar-refractivity contribution in [2.24, 2.45) is 5.10 Å². The Hall–Kier alpha value is -2.91. The van der Waals surface area contributed by atoms with Crippen LogP contribution in [0.15, 0.2) is 64.0 Å². The molecule has 3 N–H and O–H groups in total. The van der Waals surface area contributed by atoms with E-state index in [1.165, 1.54) is 23.1 Å². The number of rotatable bonds is 8. The van der Waals surface area contributed by atoms with Crippen molar-refractivity contribution in [1.29, 1.82) is 0 Å². The molecule has 0 aliphatic rings. The van der Waals surface area contributed by atoms with E-state index < -0.39 is 0 Å². The Morgan fingerprint density at radius 3 is 2.85 bits per heavy atom. The first kappa shape index (κ1) is 18.9. The topological polar surface area (TPSA) is 102 Å².